The molecule has 1 heterocycles. The van der Waals surface area contributed by atoms with Crippen LogP contribution in [-0.4, -0.2) is 67.3 Å². The second kappa shape index (κ2) is 9.78. The van der Waals surface area contributed by atoms with Crippen molar-refractivity contribution in [2.75, 3.05) is 40.5 Å². The Morgan fingerprint density at radius 1 is 1.12 bits per heavy atom. The molecule has 0 radical (unpaired) electrons. The van der Waals surface area contributed by atoms with Crippen molar-refractivity contribution in [1.29, 1.82) is 0 Å². The van der Waals surface area contributed by atoms with Crippen LogP contribution in [0.2, 0.25) is 0 Å². The summed E-state index contributed by atoms with van der Waals surface area (Å²) >= 11 is 0. The molecule has 26 heavy (non-hydrogen) atoms. The fraction of sp³-hybridized carbons (Fsp3) is 0.650. The predicted octanol–water partition coefficient (Wildman–Crippen LogP) is 2.15. The lowest BCUT2D eigenvalue weighted by atomic mass is 10.0. The van der Waals surface area contributed by atoms with E-state index in [1.54, 1.807) is 14.2 Å². The number of rotatable bonds is 8. The summed E-state index contributed by atoms with van der Waals surface area (Å²) in [5, 5.41) is 9.71. The molecule has 0 saturated carbocycles. The van der Waals surface area contributed by atoms with Crippen LogP contribution >= 0.6 is 0 Å². The van der Waals surface area contributed by atoms with Gasteiger partial charge in [-0.1, -0.05) is 19.9 Å². The molecular formula is C20H32N2O4. The topological polar surface area (TPSA) is 62.2 Å². The molecule has 1 unspecified atom stereocenters. The standard InChI is InChI=1S/C20H32N2O4/c1-15(2)11-17(14-23)22-10-9-21(8-7-20(22)24)13-16-5-6-18(25-3)19(12-16)26-4/h5-6,12,15,17,23H,7-11,13-14H2,1-4H3. The van der Waals surface area contributed by atoms with Gasteiger partial charge < -0.3 is 19.5 Å². The lowest BCUT2D eigenvalue weighted by molar-refractivity contribution is -0.133. The third-order valence-corrected chi connectivity index (χ3v) is 4.87. The van der Waals surface area contributed by atoms with Crippen LogP contribution in [0.3, 0.4) is 0 Å². The van der Waals surface area contributed by atoms with Gasteiger partial charge in [-0.15, -0.1) is 0 Å². The minimum atomic E-state index is -0.0801. The molecule has 1 N–H and O–H groups in total. The Morgan fingerprint density at radius 3 is 2.46 bits per heavy atom. The zero-order valence-corrected chi connectivity index (χ0v) is 16.4. The first-order valence-corrected chi connectivity index (χ1v) is 9.32. The number of carbonyl (C=O) groups is 1. The number of carbonyl (C=O) groups excluding carboxylic acids is 1. The summed E-state index contributed by atoms with van der Waals surface area (Å²) in [7, 11) is 3.26. The minimum absolute atomic E-state index is 0.0274. The van der Waals surface area contributed by atoms with Crippen molar-refractivity contribution in [3.8, 4) is 11.5 Å². The van der Waals surface area contributed by atoms with Gasteiger partial charge in [0.1, 0.15) is 0 Å². The molecule has 1 fully saturated rings. The first-order valence-electron chi connectivity index (χ1n) is 9.32. The fourth-order valence-corrected chi connectivity index (χ4v) is 3.51. The maximum absolute atomic E-state index is 12.5. The zero-order valence-electron chi connectivity index (χ0n) is 16.4. The number of aliphatic hydroxyl groups is 1. The van der Waals surface area contributed by atoms with E-state index < -0.39 is 0 Å². The Bertz CT molecular complexity index is 591. The van der Waals surface area contributed by atoms with E-state index in [2.05, 4.69) is 18.7 Å². The minimum Gasteiger partial charge on any atom is -0.493 e. The molecule has 1 aliphatic rings. The molecule has 1 atom stereocenters. The van der Waals surface area contributed by atoms with E-state index in [9.17, 15) is 9.90 Å². The van der Waals surface area contributed by atoms with Gasteiger partial charge in [0.2, 0.25) is 5.91 Å². The van der Waals surface area contributed by atoms with Gasteiger partial charge in [0.25, 0.3) is 0 Å². The second-order valence-electron chi connectivity index (χ2n) is 7.27. The summed E-state index contributed by atoms with van der Waals surface area (Å²) in [5.41, 5.74) is 1.13. The summed E-state index contributed by atoms with van der Waals surface area (Å²) < 4.78 is 10.7. The van der Waals surface area contributed by atoms with Crippen molar-refractivity contribution in [1.82, 2.24) is 9.80 Å². The molecule has 1 aromatic carbocycles. The monoisotopic (exact) mass is 364 g/mol. The fourth-order valence-electron chi connectivity index (χ4n) is 3.51. The third kappa shape index (κ3) is 5.35. The van der Waals surface area contributed by atoms with Crippen molar-refractivity contribution < 1.29 is 19.4 Å². The van der Waals surface area contributed by atoms with Crippen molar-refractivity contribution in [2.45, 2.75) is 39.3 Å². The number of ether oxygens (including phenoxy) is 2. The van der Waals surface area contributed by atoms with Crippen molar-refractivity contribution in [3.05, 3.63) is 23.8 Å². The normalized spacial score (nSPS) is 17.3. The molecule has 1 amide bonds. The van der Waals surface area contributed by atoms with E-state index >= 15 is 0 Å². The van der Waals surface area contributed by atoms with Crippen LogP contribution in [0.25, 0.3) is 0 Å². The summed E-state index contributed by atoms with van der Waals surface area (Å²) in [5.74, 6) is 2.02. The number of aliphatic hydroxyl groups excluding tert-OH is 1. The maximum Gasteiger partial charge on any atom is 0.224 e. The van der Waals surface area contributed by atoms with E-state index in [-0.39, 0.29) is 18.6 Å². The summed E-state index contributed by atoms with van der Waals surface area (Å²) in [6.45, 7) is 7.21. The lowest BCUT2D eigenvalue weighted by Crippen LogP contribution is -2.44. The van der Waals surface area contributed by atoms with Crippen LogP contribution in [0.5, 0.6) is 11.5 Å². The van der Waals surface area contributed by atoms with Gasteiger partial charge in [-0.05, 0) is 30.0 Å². The number of hydrogen-bond donors (Lipinski definition) is 1. The highest BCUT2D eigenvalue weighted by Crippen LogP contribution is 2.28. The second-order valence-corrected chi connectivity index (χ2v) is 7.27. The molecule has 2 rings (SSSR count). The smallest absolute Gasteiger partial charge is 0.224 e. The first kappa shape index (κ1) is 20.5. The van der Waals surface area contributed by atoms with E-state index in [1.807, 2.05) is 23.1 Å². The largest absolute Gasteiger partial charge is 0.493 e. The molecule has 6 nitrogen and oxygen atoms in total. The number of hydrogen-bond acceptors (Lipinski definition) is 5. The Balaban J connectivity index is 2.02. The quantitative estimate of drug-likeness (QED) is 0.766. The summed E-state index contributed by atoms with van der Waals surface area (Å²) in [6, 6.07) is 5.84. The highest BCUT2D eigenvalue weighted by atomic mass is 16.5. The lowest BCUT2D eigenvalue weighted by Gasteiger charge is -2.31. The van der Waals surface area contributed by atoms with Gasteiger partial charge >= 0.3 is 0 Å². The van der Waals surface area contributed by atoms with Gasteiger partial charge in [0.05, 0.1) is 26.9 Å². The highest BCUT2D eigenvalue weighted by molar-refractivity contribution is 5.77. The highest BCUT2D eigenvalue weighted by Gasteiger charge is 2.27. The van der Waals surface area contributed by atoms with Crippen LogP contribution in [0.15, 0.2) is 18.2 Å². The van der Waals surface area contributed by atoms with Gasteiger partial charge in [0.15, 0.2) is 11.5 Å². The molecule has 6 heteroatoms. The van der Waals surface area contributed by atoms with Crippen molar-refractivity contribution >= 4 is 5.91 Å². The molecule has 0 spiro atoms. The van der Waals surface area contributed by atoms with Crippen LogP contribution in [0.1, 0.15) is 32.3 Å². The van der Waals surface area contributed by atoms with Crippen LogP contribution in [0, 0.1) is 5.92 Å². The SMILES string of the molecule is COc1ccc(CN2CCC(=O)N(C(CO)CC(C)C)CC2)cc1OC. The Kier molecular flexibility index (Phi) is 7.72. The van der Waals surface area contributed by atoms with Gasteiger partial charge in [0, 0.05) is 32.6 Å². The molecule has 0 bridgehead atoms. The Labute approximate surface area is 156 Å². The Hall–Kier alpha value is -1.79. The van der Waals surface area contributed by atoms with Gasteiger partial charge in [-0.2, -0.15) is 0 Å². The molecule has 1 aromatic rings. The molecule has 1 aliphatic heterocycles. The number of nitrogens with zero attached hydrogens (tertiary/aromatic N) is 2. The van der Waals surface area contributed by atoms with E-state index in [1.165, 1.54) is 0 Å². The van der Waals surface area contributed by atoms with Gasteiger partial charge in [-0.25, -0.2) is 0 Å². The van der Waals surface area contributed by atoms with Crippen LogP contribution in [-0.2, 0) is 11.3 Å². The van der Waals surface area contributed by atoms with E-state index in [4.69, 9.17) is 9.47 Å². The molecule has 0 aromatic heterocycles. The molecule has 1 saturated heterocycles. The molecule has 146 valence electrons. The zero-order chi connectivity index (χ0) is 19.1. The first-order chi connectivity index (χ1) is 12.5. The number of amides is 1. The number of methoxy groups -OCH3 is 2. The van der Waals surface area contributed by atoms with Crippen molar-refractivity contribution in [2.24, 2.45) is 5.92 Å². The van der Waals surface area contributed by atoms with Crippen molar-refractivity contribution in [3.63, 3.8) is 0 Å². The van der Waals surface area contributed by atoms with E-state index in [0.717, 1.165) is 37.4 Å². The summed E-state index contributed by atoms with van der Waals surface area (Å²) in [6.07, 6.45) is 1.32. The maximum atomic E-state index is 12.5. The van der Waals surface area contributed by atoms with E-state index in [0.29, 0.717) is 24.6 Å². The average Bonchev–Trinajstić information content (AvgIpc) is 2.81. The molecular weight excluding hydrogens is 332 g/mol. The van der Waals surface area contributed by atoms with Crippen LogP contribution in [0.4, 0.5) is 0 Å². The predicted molar refractivity (Wildman–Crippen MR) is 101 cm³/mol. The third-order valence-electron chi connectivity index (χ3n) is 4.87. The van der Waals surface area contributed by atoms with Gasteiger partial charge in [-0.3, -0.25) is 9.69 Å². The average molecular weight is 364 g/mol. The summed E-state index contributed by atoms with van der Waals surface area (Å²) in [4.78, 5) is 16.7. The Morgan fingerprint density at radius 2 is 1.85 bits per heavy atom. The van der Waals surface area contributed by atoms with Crippen LogP contribution < -0.4 is 9.47 Å². The number of benzene rings is 1. The molecule has 0 aliphatic carbocycles.